The summed E-state index contributed by atoms with van der Waals surface area (Å²) in [6.07, 6.45) is 2.03. The number of benzene rings is 2. The normalized spacial score (nSPS) is 13.9. The lowest BCUT2D eigenvalue weighted by molar-refractivity contribution is -0.0503. The van der Waals surface area contributed by atoms with E-state index in [0.717, 1.165) is 18.6 Å². The fraction of sp³-hybridized carbons (Fsp3) is 0.391. The summed E-state index contributed by atoms with van der Waals surface area (Å²) in [5.74, 6) is 0.0675. The predicted molar refractivity (Wildman–Crippen MR) is 112 cm³/mol. The molecule has 0 bridgehead atoms. The second-order valence-electron chi connectivity index (χ2n) is 7.19. The number of carbonyl (C=O) groups is 2. The first-order valence-electron chi connectivity index (χ1n) is 10.3. The third kappa shape index (κ3) is 5.93. The van der Waals surface area contributed by atoms with Crippen molar-refractivity contribution < 1.29 is 27.8 Å². The molecule has 8 heteroatoms. The first-order chi connectivity index (χ1) is 15.0. The fourth-order valence-electron chi connectivity index (χ4n) is 3.34. The van der Waals surface area contributed by atoms with Crippen molar-refractivity contribution in [3.63, 3.8) is 0 Å². The maximum absolute atomic E-state index is 12.8. The van der Waals surface area contributed by atoms with Crippen molar-refractivity contribution in [2.75, 3.05) is 32.8 Å². The van der Waals surface area contributed by atoms with E-state index in [0.29, 0.717) is 38.3 Å². The molecule has 1 aliphatic heterocycles. The summed E-state index contributed by atoms with van der Waals surface area (Å²) >= 11 is 0. The van der Waals surface area contributed by atoms with Crippen molar-refractivity contribution in [2.45, 2.75) is 26.4 Å². The molecule has 0 atom stereocenters. The Morgan fingerprint density at radius 1 is 0.935 bits per heavy atom. The summed E-state index contributed by atoms with van der Waals surface area (Å²) in [6.45, 7) is 1.07. The van der Waals surface area contributed by atoms with Crippen LogP contribution in [0.5, 0.6) is 11.5 Å². The second-order valence-corrected chi connectivity index (χ2v) is 7.19. The Hall–Kier alpha value is -3.16. The zero-order chi connectivity index (χ0) is 22.2. The topological polar surface area (TPSA) is 59.1 Å². The van der Waals surface area contributed by atoms with E-state index < -0.39 is 12.5 Å². The van der Waals surface area contributed by atoms with Crippen LogP contribution < -0.4 is 9.47 Å². The summed E-state index contributed by atoms with van der Waals surface area (Å²) in [7, 11) is 0. The van der Waals surface area contributed by atoms with Gasteiger partial charge in [-0.2, -0.15) is 8.78 Å². The average molecular weight is 432 g/mol. The van der Waals surface area contributed by atoms with Gasteiger partial charge in [-0.15, -0.1) is 0 Å². The first-order valence-corrected chi connectivity index (χ1v) is 10.3. The highest BCUT2D eigenvalue weighted by molar-refractivity contribution is 5.97. The minimum absolute atomic E-state index is 0.0845. The van der Waals surface area contributed by atoms with E-state index >= 15 is 0 Å². The number of piperazine rings is 1. The molecule has 0 aliphatic carbocycles. The van der Waals surface area contributed by atoms with Crippen LogP contribution in [-0.2, 0) is 0 Å². The Morgan fingerprint density at radius 2 is 1.55 bits per heavy atom. The van der Waals surface area contributed by atoms with Gasteiger partial charge < -0.3 is 19.3 Å². The van der Waals surface area contributed by atoms with E-state index in [1.165, 1.54) is 18.2 Å². The lowest BCUT2D eigenvalue weighted by Crippen LogP contribution is -2.50. The third-order valence-corrected chi connectivity index (χ3v) is 5.06. The Balaban J connectivity index is 1.57. The molecule has 166 valence electrons. The number of hydrogen-bond acceptors (Lipinski definition) is 4. The molecule has 0 saturated carbocycles. The van der Waals surface area contributed by atoms with E-state index in [4.69, 9.17) is 4.74 Å². The molecule has 0 spiro atoms. The molecule has 0 unspecified atom stereocenters. The lowest BCUT2D eigenvalue weighted by atomic mass is 10.1. The molecule has 1 saturated heterocycles. The van der Waals surface area contributed by atoms with Crippen molar-refractivity contribution in [3.05, 3.63) is 59.7 Å². The minimum Gasteiger partial charge on any atom is -0.494 e. The number of nitrogens with zero attached hydrogens (tertiary/aromatic N) is 2. The van der Waals surface area contributed by atoms with Crippen LogP contribution in [0.1, 0.15) is 40.5 Å². The maximum Gasteiger partial charge on any atom is 0.387 e. The maximum atomic E-state index is 12.8. The number of rotatable bonds is 8. The van der Waals surface area contributed by atoms with Crippen LogP contribution >= 0.6 is 0 Å². The van der Waals surface area contributed by atoms with Crippen LogP contribution in [0.4, 0.5) is 8.78 Å². The van der Waals surface area contributed by atoms with Crippen LogP contribution in [-0.4, -0.2) is 61.0 Å². The SMILES string of the molecule is CCCCOc1ccc(C(=O)N2CCN(C(=O)c3ccccc3OC(F)F)CC2)cc1. The smallest absolute Gasteiger partial charge is 0.387 e. The first kappa shape index (κ1) is 22.5. The Bertz CT molecular complexity index is 881. The molecule has 0 radical (unpaired) electrons. The van der Waals surface area contributed by atoms with Crippen molar-refractivity contribution in [1.29, 1.82) is 0 Å². The van der Waals surface area contributed by atoms with Crippen LogP contribution in [0, 0.1) is 0 Å². The molecule has 1 aliphatic rings. The molecule has 1 heterocycles. The highest BCUT2D eigenvalue weighted by Crippen LogP contribution is 2.23. The molecular formula is C23H26F2N2O4. The van der Waals surface area contributed by atoms with Crippen LogP contribution in [0.25, 0.3) is 0 Å². The summed E-state index contributed by atoms with van der Waals surface area (Å²) in [6, 6.07) is 13.0. The van der Waals surface area contributed by atoms with E-state index in [1.54, 1.807) is 40.1 Å². The summed E-state index contributed by atoms with van der Waals surface area (Å²) in [4.78, 5) is 28.8. The van der Waals surface area contributed by atoms with Crippen molar-refractivity contribution >= 4 is 11.8 Å². The van der Waals surface area contributed by atoms with E-state index in [1.807, 2.05) is 0 Å². The molecule has 2 aromatic carbocycles. The lowest BCUT2D eigenvalue weighted by Gasteiger charge is -2.35. The van der Waals surface area contributed by atoms with Crippen molar-refractivity contribution in [2.24, 2.45) is 0 Å². The van der Waals surface area contributed by atoms with E-state index in [-0.39, 0.29) is 17.2 Å². The number of para-hydroxylation sites is 1. The van der Waals surface area contributed by atoms with Gasteiger partial charge in [-0.05, 0) is 42.8 Å². The number of alkyl halides is 2. The van der Waals surface area contributed by atoms with Gasteiger partial charge in [-0.3, -0.25) is 9.59 Å². The molecule has 2 aromatic rings. The van der Waals surface area contributed by atoms with Crippen LogP contribution in [0.3, 0.4) is 0 Å². The molecule has 0 N–H and O–H groups in total. The Labute approximate surface area is 180 Å². The molecular weight excluding hydrogens is 406 g/mol. The average Bonchev–Trinajstić information content (AvgIpc) is 2.79. The molecule has 0 aromatic heterocycles. The molecule has 1 fully saturated rings. The largest absolute Gasteiger partial charge is 0.494 e. The van der Waals surface area contributed by atoms with Gasteiger partial charge in [0.15, 0.2) is 0 Å². The third-order valence-electron chi connectivity index (χ3n) is 5.06. The predicted octanol–water partition coefficient (Wildman–Crippen LogP) is 4.07. The molecule has 6 nitrogen and oxygen atoms in total. The van der Waals surface area contributed by atoms with Crippen molar-refractivity contribution in [1.82, 2.24) is 9.80 Å². The monoisotopic (exact) mass is 432 g/mol. The summed E-state index contributed by atoms with van der Waals surface area (Å²) < 4.78 is 35.3. The van der Waals surface area contributed by atoms with E-state index in [9.17, 15) is 18.4 Å². The molecule has 31 heavy (non-hydrogen) atoms. The number of unbranched alkanes of at least 4 members (excludes halogenated alkanes) is 1. The van der Waals surface area contributed by atoms with Gasteiger partial charge in [0.25, 0.3) is 11.8 Å². The van der Waals surface area contributed by atoms with Gasteiger partial charge in [0, 0.05) is 31.7 Å². The van der Waals surface area contributed by atoms with Gasteiger partial charge in [0.1, 0.15) is 11.5 Å². The molecule has 2 amide bonds. The number of hydrogen-bond donors (Lipinski definition) is 0. The minimum atomic E-state index is -3.01. The van der Waals surface area contributed by atoms with Gasteiger partial charge in [-0.1, -0.05) is 25.5 Å². The zero-order valence-electron chi connectivity index (χ0n) is 17.4. The quantitative estimate of drug-likeness (QED) is 0.590. The number of carbonyl (C=O) groups excluding carboxylic acids is 2. The standard InChI is InChI=1S/C23H26F2N2O4/c1-2-3-16-30-18-10-8-17(9-11-18)21(28)26-12-14-27(15-13-26)22(29)19-6-4-5-7-20(19)31-23(24)25/h4-11,23H,2-3,12-16H2,1H3. The summed E-state index contributed by atoms with van der Waals surface area (Å²) in [5.41, 5.74) is 0.638. The zero-order valence-corrected chi connectivity index (χ0v) is 17.4. The van der Waals surface area contributed by atoms with Gasteiger partial charge in [0.2, 0.25) is 0 Å². The van der Waals surface area contributed by atoms with Gasteiger partial charge in [0.05, 0.1) is 12.2 Å². The molecule has 3 rings (SSSR count). The summed E-state index contributed by atoms with van der Waals surface area (Å²) in [5, 5.41) is 0. The van der Waals surface area contributed by atoms with Crippen molar-refractivity contribution in [3.8, 4) is 11.5 Å². The number of halogens is 2. The van der Waals surface area contributed by atoms with Gasteiger partial charge >= 0.3 is 6.61 Å². The Morgan fingerprint density at radius 3 is 2.16 bits per heavy atom. The number of ether oxygens (including phenoxy) is 2. The number of amides is 2. The van der Waals surface area contributed by atoms with Crippen LogP contribution in [0.2, 0.25) is 0 Å². The van der Waals surface area contributed by atoms with Gasteiger partial charge in [-0.25, -0.2) is 0 Å². The fourth-order valence-corrected chi connectivity index (χ4v) is 3.34. The highest BCUT2D eigenvalue weighted by atomic mass is 19.3. The highest BCUT2D eigenvalue weighted by Gasteiger charge is 2.27. The second kappa shape index (κ2) is 10.7. The van der Waals surface area contributed by atoms with E-state index in [2.05, 4.69) is 11.7 Å². The van der Waals surface area contributed by atoms with Crippen LogP contribution in [0.15, 0.2) is 48.5 Å². The Kier molecular flexibility index (Phi) is 7.81.